The average Bonchev–Trinajstić information content (AvgIpc) is 2.48. The molecular formula is C14H28N4O6. The number of rotatable bonds is 11. The molecule has 0 saturated heterocycles. The standard InChI is InChI=1S/C14H28N4O6/c1-7(19)10(13(22)18-11(8(2)20)14(23)24)17-12(21)9(16)5-3-4-6-15/h7-11,19-20H,3-6,15-16H2,1-2H3,(H,17,21)(H,18,22)(H,23,24). The summed E-state index contributed by atoms with van der Waals surface area (Å²) in [6.07, 6.45) is -0.929. The van der Waals surface area contributed by atoms with Crippen molar-refractivity contribution in [1.82, 2.24) is 10.6 Å². The zero-order valence-electron chi connectivity index (χ0n) is 13.9. The highest BCUT2D eigenvalue weighted by molar-refractivity contribution is 5.92. The molecule has 0 aromatic carbocycles. The molecule has 0 fully saturated rings. The highest BCUT2D eigenvalue weighted by Gasteiger charge is 2.32. The Morgan fingerprint density at radius 1 is 0.958 bits per heavy atom. The minimum absolute atomic E-state index is 0.364. The number of carbonyl (C=O) groups excluding carboxylic acids is 2. The van der Waals surface area contributed by atoms with Crippen LogP contribution in [0.3, 0.4) is 0 Å². The first-order valence-corrected chi connectivity index (χ1v) is 7.77. The Hall–Kier alpha value is -1.75. The van der Waals surface area contributed by atoms with Gasteiger partial charge in [0.2, 0.25) is 11.8 Å². The number of unbranched alkanes of at least 4 members (excludes halogenated alkanes) is 1. The van der Waals surface area contributed by atoms with E-state index in [1.54, 1.807) is 0 Å². The Morgan fingerprint density at radius 3 is 1.88 bits per heavy atom. The van der Waals surface area contributed by atoms with Crippen LogP contribution in [-0.4, -0.2) is 70.0 Å². The van der Waals surface area contributed by atoms with Gasteiger partial charge in [-0.2, -0.15) is 0 Å². The van der Waals surface area contributed by atoms with E-state index in [1.165, 1.54) is 13.8 Å². The maximum absolute atomic E-state index is 12.1. The van der Waals surface area contributed by atoms with E-state index >= 15 is 0 Å². The largest absolute Gasteiger partial charge is 0.480 e. The van der Waals surface area contributed by atoms with Crippen molar-refractivity contribution in [3.05, 3.63) is 0 Å². The summed E-state index contributed by atoms with van der Waals surface area (Å²) in [6, 6.07) is -3.83. The van der Waals surface area contributed by atoms with Crippen LogP contribution in [0.4, 0.5) is 0 Å². The molecule has 0 aliphatic carbocycles. The van der Waals surface area contributed by atoms with Crippen LogP contribution in [0.15, 0.2) is 0 Å². The summed E-state index contributed by atoms with van der Waals surface area (Å²) >= 11 is 0. The molecule has 0 aliphatic rings. The molecule has 0 spiro atoms. The number of carboxylic acids is 1. The topological polar surface area (TPSA) is 188 Å². The lowest BCUT2D eigenvalue weighted by molar-refractivity contribution is -0.145. The smallest absolute Gasteiger partial charge is 0.328 e. The summed E-state index contributed by atoms with van der Waals surface area (Å²) in [7, 11) is 0. The quantitative estimate of drug-likeness (QED) is 0.196. The van der Waals surface area contributed by atoms with Gasteiger partial charge in [-0.1, -0.05) is 6.42 Å². The maximum atomic E-state index is 12.1. The highest BCUT2D eigenvalue weighted by Crippen LogP contribution is 2.02. The molecule has 10 nitrogen and oxygen atoms in total. The number of carbonyl (C=O) groups is 3. The van der Waals surface area contributed by atoms with Crippen LogP contribution in [0.25, 0.3) is 0 Å². The van der Waals surface area contributed by atoms with E-state index in [1.807, 2.05) is 0 Å². The van der Waals surface area contributed by atoms with Crippen LogP contribution in [0.2, 0.25) is 0 Å². The number of aliphatic hydroxyl groups is 2. The second-order valence-corrected chi connectivity index (χ2v) is 5.68. The number of aliphatic hydroxyl groups excluding tert-OH is 2. The van der Waals surface area contributed by atoms with E-state index in [4.69, 9.17) is 16.6 Å². The van der Waals surface area contributed by atoms with E-state index in [9.17, 15) is 24.6 Å². The van der Waals surface area contributed by atoms with Crippen LogP contribution in [0.5, 0.6) is 0 Å². The van der Waals surface area contributed by atoms with Gasteiger partial charge >= 0.3 is 5.97 Å². The van der Waals surface area contributed by atoms with Crippen LogP contribution in [0.1, 0.15) is 33.1 Å². The molecule has 0 aromatic rings. The monoisotopic (exact) mass is 348 g/mol. The predicted molar refractivity (Wildman–Crippen MR) is 85.7 cm³/mol. The Labute approximate surface area is 140 Å². The van der Waals surface area contributed by atoms with E-state index in [2.05, 4.69) is 10.6 Å². The second-order valence-electron chi connectivity index (χ2n) is 5.68. The fraction of sp³-hybridized carbons (Fsp3) is 0.786. The third kappa shape index (κ3) is 7.68. The number of nitrogens with two attached hydrogens (primary N) is 2. The Kier molecular flexibility index (Phi) is 10.1. The molecule has 0 heterocycles. The molecule has 9 N–H and O–H groups in total. The van der Waals surface area contributed by atoms with Gasteiger partial charge < -0.3 is 37.4 Å². The molecule has 140 valence electrons. The molecule has 0 rings (SSSR count). The van der Waals surface area contributed by atoms with Gasteiger partial charge in [0, 0.05) is 0 Å². The van der Waals surface area contributed by atoms with Gasteiger partial charge in [-0.15, -0.1) is 0 Å². The van der Waals surface area contributed by atoms with Gasteiger partial charge in [0.25, 0.3) is 0 Å². The van der Waals surface area contributed by atoms with Crippen LogP contribution < -0.4 is 22.1 Å². The lowest BCUT2D eigenvalue weighted by atomic mass is 10.1. The molecule has 0 saturated carbocycles. The third-order valence-corrected chi connectivity index (χ3v) is 3.41. The second kappa shape index (κ2) is 10.9. The summed E-state index contributed by atoms with van der Waals surface area (Å²) in [6.45, 7) is 2.94. The van der Waals surface area contributed by atoms with Gasteiger partial charge in [0.05, 0.1) is 18.2 Å². The number of hydrogen-bond acceptors (Lipinski definition) is 7. The lowest BCUT2D eigenvalue weighted by Crippen LogP contribution is -2.59. The van der Waals surface area contributed by atoms with Gasteiger partial charge in [0.1, 0.15) is 6.04 Å². The van der Waals surface area contributed by atoms with Crippen molar-refractivity contribution in [2.75, 3.05) is 6.54 Å². The molecule has 24 heavy (non-hydrogen) atoms. The van der Waals surface area contributed by atoms with Crippen molar-refractivity contribution < 1.29 is 29.7 Å². The summed E-state index contributed by atoms with van der Waals surface area (Å²) in [5, 5.41) is 32.4. The Balaban J connectivity index is 4.81. The number of aliphatic carboxylic acids is 1. The Morgan fingerprint density at radius 2 is 1.46 bits per heavy atom. The predicted octanol–water partition coefficient (Wildman–Crippen LogP) is -2.74. The first-order valence-electron chi connectivity index (χ1n) is 7.77. The minimum atomic E-state index is -1.56. The maximum Gasteiger partial charge on any atom is 0.328 e. The first-order chi connectivity index (χ1) is 11.1. The van der Waals surface area contributed by atoms with Crippen LogP contribution in [-0.2, 0) is 14.4 Å². The number of hydrogen-bond donors (Lipinski definition) is 7. The SMILES string of the molecule is CC(O)C(NC(=O)C(NC(=O)C(N)CCCCN)C(C)O)C(=O)O. The van der Waals surface area contributed by atoms with E-state index < -0.39 is 48.1 Å². The average molecular weight is 348 g/mol. The number of amides is 2. The zero-order chi connectivity index (χ0) is 18.9. The molecule has 2 amide bonds. The van der Waals surface area contributed by atoms with Crippen molar-refractivity contribution in [1.29, 1.82) is 0 Å². The van der Waals surface area contributed by atoms with Crippen molar-refractivity contribution >= 4 is 17.8 Å². The van der Waals surface area contributed by atoms with Crippen LogP contribution in [0, 0.1) is 0 Å². The van der Waals surface area contributed by atoms with Crippen molar-refractivity contribution in [2.45, 2.75) is 63.4 Å². The minimum Gasteiger partial charge on any atom is -0.480 e. The van der Waals surface area contributed by atoms with Crippen molar-refractivity contribution in [3.63, 3.8) is 0 Å². The third-order valence-electron chi connectivity index (χ3n) is 3.41. The van der Waals surface area contributed by atoms with E-state index in [0.29, 0.717) is 25.8 Å². The van der Waals surface area contributed by atoms with Gasteiger partial charge in [-0.25, -0.2) is 4.79 Å². The molecule has 0 aromatic heterocycles. The normalized spacial score (nSPS) is 17.2. The number of carboxylic acid groups (broad SMARTS) is 1. The summed E-state index contributed by atoms with van der Waals surface area (Å²) in [4.78, 5) is 35.1. The zero-order valence-corrected chi connectivity index (χ0v) is 13.9. The molecule has 5 unspecified atom stereocenters. The highest BCUT2D eigenvalue weighted by atomic mass is 16.4. The summed E-state index contributed by atoms with van der Waals surface area (Å²) in [5.74, 6) is -3.01. The fourth-order valence-corrected chi connectivity index (χ4v) is 1.94. The Bertz CT molecular complexity index is 429. The fourth-order valence-electron chi connectivity index (χ4n) is 1.94. The molecular weight excluding hydrogens is 320 g/mol. The molecule has 0 bridgehead atoms. The van der Waals surface area contributed by atoms with Crippen LogP contribution >= 0.6 is 0 Å². The molecule has 0 radical (unpaired) electrons. The summed E-state index contributed by atoms with van der Waals surface area (Å²) < 4.78 is 0. The van der Waals surface area contributed by atoms with Gasteiger partial charge in [0.15, 0.2) is 6.04 Å². The van der Waals surface area contributed by atoms with Crippen molar-refractivity contribution in [3.8, 4) is 0 Å². The summed E-state index contributed by atoms with van der Waals surface area (Å²) in [5.41, 5.74) is 11.1. The molecule has 0 aliphatic heterocycles. The van der Waals surface area contributed by atoms with E-state index in [0.717, 1.165) is 0 Å². The molecule has 10 heteroatoms. The van der Waals surface area contributed by atoms with E-state index in [-0.39, 0.29) is 0 Å². The lowest BCUT2D eigenvalue weighted by Gasteiger charge is -2.25. The molecule has 5 atom stereocenters. The van der Waals surface area contributed by atoms with Gasteiger partial charge in [-0.3, -0.25) is 9.59 Å². The first kappa shape index (κ1) is 22.2. The van der Waals surface area contributed by atoms with Crippen molar-refractivity contribution in [2.24, 2.45) is 11.5 Å². The number of nitrogens with one attached hydrogen (secondary N) is 2. The van der Waals surface area contributed by atoms with Gasteiger partial charge in [-0.05, 0) is 33.2 Å².